The number of rotatable bonds is 4. The minimum absolute atomic E-state index is 0.113. The molecule has 0 aliphatic heterocycles. The highest BCUT2D eigenvalue weighted by molar-refractivity contribution is 5.77. The Morgan fingerprint density at radius 2 is 2.08 bits per heavy atom. The number of nitrogens with zero attached hydrogens (tertiary/aromatic N) is 2. The molecule has 1 amide bonds. The summed E-state index contributed by atoms with van der Waals surface area (Å²) >= 11 is 0. The van der Waals surface area contributed by atoms with Crippen molar-refractivity contribution in [3.8, 4) is 5.75 Å². The minimum atomic E-state index is -0.706. The molecule has 6 nitrogen and oxygen atoms in total. The molecule has 1 N–H and O–H groups in total. The van der Waals surface area contributed by atoms with Gasteiger partial charge in [0.05, 0.1) is 4.92 Å². The number of benzene rings is 1. The standard InChI is InChI=1S/C18H19FN2O4/c1-12-10-17(19)18(23)11-14(12)8-9-20(13(2)22)15-4-3-5-16(7-6-15)21(24)25/h6-11,23H,3-5H2,1-2H3/b9-8-. The van der Waals surface area contributed by atoms with E-state index in [1.807, 2.05) is 0 Å². The zero-order chi connectivity index (χ0) is 18.6. The maximum atomic E-state index is 13.3. The van der Waals surface area contributed by atoms with Gasteiger partial charge in [-0.05, 0) is 55.2 Å². The lowest BCUT2D eigenvalue weighted by atomic mass is 10.1. The van der Waals surface area contributed by atoms with Crippen molar-refractivity contribution < 1.29 is 19.2 Å². The summed E-state index contributed by atoms with van der Waals surface area (Å²) in [6.45, 7) is 3.08. The molecule has 0 fully saturated rings. The van der Waals surface area contributed by atoms with Gasteiger partial charge in [-0.2, -0.15) is 0 Å². The Bertz CT molecular complexity index is 797. The first-order chi connectivity index (χ1) is 11.8. The quantitative estimate of drug-likeness (QED) is 0.662. The van der Waals surface area contributed by atoms with E-state index in [0.29, 0.717) is 36.1 Å². The number of halogens is 1. The van der Waals surface area contributed by atoms with Gasteiger partial charge in [0.25, 0.3) is 0 Å². The highest BCUT2D eigenvalue weighted by atomic mass is 19.1. The molecule has 25 heavy (non-hydrogen) atoms. The van der Waals surface area contributed by atoms with Gasteiger partial charge >= 0.3 is 0 Å². The number of allylic oxidation sites excluding steroid dienone is 4. The molecule has 2 rings (SSSR count). The van der Waals surface area contributed by atoms with Crippen LogP contribution < -0.4 is 0 Å². The van der Waals surface area contributed by atoms with Crippen LogP contribution in [0.2, 0.25) is 0 Å². The van der Waals surface area contributed by atoms with E-state index in [9.17, 15) is 24.4 Å². The van der Waals surface area contributed by atoms with E-state index in [0.717, 1.165) is 0 Å². The van der Waals surface area contributed by atoms with Crippen LogP contribution in [0.3, 0.4) is 0 Å². The third kappa shape index (κ3) is 4.53. The van der Waals surface area contributed by atoms with Crippen LogP contribution in [-0.4, -0.2) is 20.8 Å². The topological polar surface area (TPSA) is 83.7 Å². The molecule has 1 aromatic rings. The van der Waals surface area contributed by atoms with Crippen LogP contribution in [0.25, 0.3) is 6.08 Å². The lowest BCUT2D eigenvalue weighted by Gasteiger charge is -2.19. The SMILES string of the molecule is CC(=O)N(/C=C\c1cc(O)c(F)cc1C)C1=CC=C([N+](=O)[O-])CCC1. The second-order valence-corrected chi connectivity index (χ2v) is 5.79. The number of amides is 1. The van der Waals surface area contributed by atoms with Gasteiger partial charge in [0.1, 0.15) is 0 Å². The Labute approximate surface area is 144 Å². The van der Waals surface area contributed by atoms with E-state index in [1.54, 1.807) is 19.1 Å². The van der Waals surface area contributed by atoms with Crippen molar-refractivity contribution in [2.75, 3.05) is 0 Å². The third-order valence-corrected chi connectivity index (χ3v) is 3.96. The first kappa shape index (κ1) is 18.4. The van der Waals surface area contributed by atoms with Crippen molar-refractivity contribution in [1.82, 2.24) is 4.90 Å². The predicted molar refractivity (Wildman–Crippen MR) is 91.4 cm³/mol. The predicted octanol–water partition coefficient (Wildman–Crippen LogP) is 3.89. The van der Waals surface area contributed by atoms with E-state index in [2.05, 4.69) is 0 Å². The molecule has 0 saturated heterocycles. The maximum absolute atomic E-state index is 13.3. The number of carbonyl (C=O) groups is 1. The van der Waals surface area contributed by atoms with Crippen LogP contribution in [-0.2, 0) is 4.79 Å². The summed E-state index contributed by atoms with van der Waals surface area (Å²) in [5, 5.41) is 20.4. The fourth-order valence-electron chi connectivity index (χ4n) is 2.58. The normalized spacial score (nSPS) is 14.7. The molecule has 0 unspecified atom stereocenters. The van der Waals surface area contributed by atoms with Gasteiger partial charge in [0.2, 0.25) is 11.6 Å². The van der Waals surface area contributed by atoms with Crippen LogP contribution in [0.5, 0.6) is 5.75 Å². The zero-order valence-electron chi connectivity index (χ0n) is 14.0. The molecule has 0 aromatic heterocycles. The summed E-state index contributed by atoms with van der Waals surface area (Å²) in [6, 6.07) is 2.50. The Kier molecular flexibility index (Phi) is 5.69. The second kappa shape index (κ2) is 7.74. The molecule has 0 spiro atoms. The van der Waals surface area contributed by atoms with Crippen molar-refractivity contribution in [3.63, 3.8) is 0 Å². The summed E-state index contributed by atoms with van der Waals surface area (Å²) in [7, 11) is 0. The highest BCUT2D eigenvalue weighted by Gasteiger charge is 2.18. The summed E-state index contributed by atoms with van der Waals surface area (Å²) < 4.78 is 13.3. The second-order valence-electron chi connectivity index (χ2n) is 5.79. The van der Waals surface area contributed by atoms with Gasteiger partial charge in [-0.25, -0.2) is 4.39 Å². The molecule has 1 aromatic carbocycles. The Morgan fingerprint density at radius 3 is 2.72 bits per heavy atom. The van der Waals surface area contributed by atoms with Gasteiger partial charge < -0.3 is 5.11 Å². The smallest absolute Gasteiger partial charge is 0.246 e. The molecule has 1 aliphatic carbocycles. The molecule has 132 valence electrons. The molecule has 0 radical (unpaired) electrons. The number of nitro groups is 1. The Balaban J connectivity index is 2.32. The number of carbonyl (C=O) groups excluding carboxylic acids is 1. The molecular weight excluding hydrogens is 327 g/mol. The van der Waals surface area contributed by atoms with Gasteiger partial charge in [-0.1, -0.05) is 0 Å². The first-order valence-corrected chi connectivity index (χ1v) is 7.81. The zero-order valence-corrected chi connectivity index (χ0v) is 14.0. The molecule has 0 bridgehead atoms. The molecule has 0 atom stereocenters. The van der Waals surface area contributed by atoms with Crippen LogP contribution in [0.1, 0.15) is 37.3 Å². The monoisotopic (exact) mass is 346 g/mol. The number of aromatic hydroxyl groups is 1. The molecule has 7 heteroatoms. The fourth-order valence-corrected chi connectivity index (χ4v) is 2.58. The molecule has 0 heterocycles. The summed E-state index contributed by atoms with van der Waals surface area (Å²) in [4.78, 5) is 23.8. The van der Waals surface area contributed by atoms with Crippen molar-refractivity contribution >= 4 is 12.0 Å². The van der Waals surface area contributed by atoms with Crippen molar-refractivity contribution in [2.45, 2.75) is 33.1 Å². The van der Waals surface area contributed by atoms with Gasteiger partial charge in [-0.15, -0.1) is 0 Å². The number of aryl methyl sites for hydroxylation is 1. The molecule has 0 saturated carbocycles. The summed E-state index contributed by atoms with van der Waals surface area (Å²) in [5.41, 5.74) is 1.94. The van der Waals surface area contributed by atoms with E-state index in [4.69, 9.17) is 0 Å². The highest BCUT2D eigenvalue weighted by Crippen LogP contribution is 2.24. The van der Waals surface area contributed by atoms with Crippen LogP contribution in [0, 0.1) is 22.9 Å². The molecular formula is C18H19FN2O4. The van der Waals surface area contributed by atoms with Gasteiger partial charge in [-0.3, -0.25) is 19.8 Å². The average molecular weight is 346 g/mol. The third-order valence-electron chi connectivity index (χ3n) is 3.96. The Morgan fingerprint density at radius 1 is 1.36 bits per heavy atom. The van der Waals surface area contributed by atoms with Crippen molar-refractivity contribution in [3.05, 3.63) is 68.9 Å². The number of hydrogen-bond acceptors (Lipinski definition) is 4. The number of phenols is 1. The van der Waals surface area contributed by atoms with E-state index >= 15 is 0 Å². The summed E-state index contributed by atoms with van der Waals surface area (Å²) in [5.74, 6) is -1.42. The fraction of sp³-hybridized carbons (Fsp3) is 0.278. The van der Waals surface area contributed by atoms with Crippen LogP contribution >= 0.6 is 0 Å². The lowest BCUT2D eigenvalue weighted by molar-refractivity contribution is -0.427. The van der Waals surface area contributed by atoms with Crippen LogP contribution in [0.15, 0.2) is 41.9 Å². The maximum Gasteiger partial charge on any atom is 0.246 e. The van der Waals surface area contributed by atoms with Gasteiger partial charge in [0, 0.05) is 31.3 Å². The number of phenolic OH excluding ortho intramolecular Hbond substituents is 1. The van der Waals surface area contributed by atoms with Gasteiger partial charge in [0.15, 0.2) is 11.6 Å². The van der Waals surface area contributed by atoms with Crippen molar-refractivity contribution in [2.24, 2.45) is 0 Å². The van der Waals surface area contributed by atoms with E-state index in [1.165, 1.54) is 36.2 Å². The lowest BCUT2D eigenvalue weighted by Crippen LogP contribution is -2.22. The summed E-state index contributed by atoms with van der Waals surface area (Å²) in [6.07, 6.45) is 7.54. The minimum Gasteiger partial charge on any atom is -0.505 e. The Hall–Kier alpha value is -2.96. The average Bonchev–Trinajstić information content (AvgIpc) is 2.78. The van der Waals surface area contributed by atoms with Crippen molar-refractivity contribution in [1.29, 1.82) is 0 Å². The largest absolute Gasteiger partial charge is 0.505 e. The van der Waals surface area contributed by atoms with Crippen LogP contribution in [0.4, 0.5) is 4.39 Å². The number of hydrogen-bond donors (Lipinski definition) is 1. The van der Waals surface area contributed by atoms with E-state index < -0.39 is 16.5 Å². The molecule has 1 aliphatic rings. The first-order valence-electron chi connectivity index (χ1n) is 7.81. The van der Waals surface area contributed by atoms with E-state index in [-0.39, 0.29) is 11.6 Å².